The number of carbonyl (C=O) groups excluding carboxylic acids is 1. The number of methoxy groups -OCH3 is 1. The van der Waals surface area contributed by atoms with E-state index >= 15 is 0 Å². The Labute approximate surface area is 224 Å². The minimum absolute atomic E-state index is 0.0590. The zero-order valence-electron chi connectivity index (χ0n) is 21.5. The van der Waals surface area contributed by atoms with Crippen LogP contribution >= 0.6 is 0 Å². The van der Waals surface area contributed by atoms with E-state index in [1.165, 1.54) is 22.4 Å². The van der Waals surface area contributed by atoms with E-state index in [0.717, 1.165) is 36.1 Å². The third-order valence-corrected chi connectivity index (χ3v) is 7.77. The van der Waals surface area contributed by atoms with Crippen molar-refractivity contribution >= 4 is 11.8 Å². The van der Waals surface area contributed by atoms with Crippen molar-refractivity contribution in [2.45, 2.75) is 44.0 Å². The first kappa shape index (κ1) is 24.1. The van der Waals surface area contributed by atoms with E-state index in [-0.39, 0.29) is 24.7 Å². The Morgan fingerprint density at radius 3 is 2.39 bits per heavy atom. The monoisotopic (exact) mass is 504 g/mol. The molecule has 0 aromatic heterocycles. The third-order valence-electron chi connectivity index (χ3n) is 7.77. The van der Waals surface area contributed by atoms with E-state index in [2.05, 4.69) is 70.9 Å². The number of hydrogen-bond donors (Lipinski definition) is 1. The summed E-state index contributed by atoms with van der Waals surface area (Å²) in [6.45, 7) is 0.244. The van der Waals surface area contributed by atoms with Gasteiger partial charge in [0.2, 0.25) is 0 Å². The topological polar surface area (TPSA) is 50.8 Å². The van der Waals surface area contributed by atoms with Crippen molar-refractivity contribution in [1.29, 1.82) is 0 Å². The second-order valence-electron chi connectivity index (χ2n) is 10.0. The molecule has 1 amide bonds. The molecule has 4 aromatic carbocycles. The summed E-state index contributed by atoms with van der Waals surface area (Å²) in [6, 6.07) is 35.5. The zero-order valence-corrected chi connectivity index (χ0v) is 21.5. The van der Waals surface area contributed by atoms with Crippen LogP contribution < -0.4 is 15.0 Å². The molecule has 4 aromatic rings. The molecule has 2 aliphatic rings. The van der Waals surface area contributed by atoms with Crippen molar-refractivity contribution in [3.8, 4) is 5.75 Å². The molecule has 0 fully saturated rings. The Hall–Kier alpha value is -4.25. The standard InChI is InChI=1S/C33H32N2O3/c1-37-27-16-8-15-26(20-27)31-21-29(34-33(36)38-22-23-10-4-2-5-11-23)28-17-9-14-25-18-19-30(35(31)32(25)28)24-12-6-3-7-13-24/h2-17,20,29-31H,18-19,21-22H2,1H3,(H,34,36)/t29-,30+,31-/m0/s1. The molecular formula is C33H32N2O3. The fourth-order valence-corrected chi connectivity index (χ4v) is 6.02. The van der Waals surface area contributed by atoms with Crippen LogP contribution in [0, 0.1) is 0 Å². The minimum Gasteiger partial charge on any atom is -0.497 e. The predicted octanol–water partition coefficient (Wildman–Crippen LogP) is 7.30. The van der Waals surface area contributed by atoms with Gasteiger partial charge in [0.25, 0.3) is 0 Å². The molecule has 0 bridgehead atoms. The number of hydrogen-bond acceptors (Lipinski definition) is 4. The van der Waals surface area contributed by atoms with Crippen molar-refractivity contribution in [2.75, 3.05) is 12.0 Å². The smallest absolute Gasteiger partial charge is 0.407 e. The van der Waals surface area contributed by atoms with Gasteiger partial charge in [-0.25, -0.2) is 4.79 Å². The molecule has 0 spiro atoms. The normalized spacial score (nSPS) is 19.8. The van der Waals surface area contributed by atoms with Gasteiger partial charge in [-0.15, -0.1) is 0 Å². The molecule has 5 heteroatoms. The Bertz CT molecular complexity index is 1410. The van der Waals surface area contributed by atoms with E-state index in [0.29, 0.717) is 0 Å². The minimum atomic E-state index is -0.398. The van der Waals surface area contributed by atoms with Crippen molar-refractivity contribution < 1.29 is 14.3 Å². The second kappa shape index (κ2) is 10.6. The summed E-state index contributed by atoms with van der Waals surface area (Å²) in [5.74, 6) is 0.835. The Balaban J connectivity index is 1.37. The maximum Gasteiger partial charge on any atom is 0.407 e. The van der Waals surface area contributed by atoms with Crippen LogP contribution in [0.15, 0.2) is 103 Å². The molecule has 1 N–H and O–H groups in total. The van der Waals surface area contributed by atoms with E-state index in [1.807, 2.05) is 42.5 Å². The highest BCUT2D eigenvalue weighted by molar-refractivity contribution is 5.72. The summed E-state index contributed by atoms with van der Waals surface area (Å²) >= 11 is 0. The fraction of sp³-hybridized carbons (Fsp3) is 0.242. The number of benzene rings is 4. The van der Waals surface area contributed by atoms with Gasteiger partial charge < -0.3 is 19.7 Å². The molecule has 2 aliphatic heterocycles. The zero-order chi connectivity index (χ0) is 25.9. The first-order valence-electron chi connectivity index (χ1n) is 13.3. The summed E-state index contributed by atoms with van der Waals surface area (Å²) in [5.41, 5.74) is 7.17. The molecule has 2 heterocycles. The summed E-state index contributed by atoms with van der Waals surface area (Å²) in [4.78, 5) is 15.6. The van der Waals surface area contributed by atoms with Crippen LogP contribution in [0.2, 0.25) is 0 Å². The average molecular weight is 505 g/mol. The Kier molecular flexibility index (Phi) is 6.74. The number of nitrogens with one attached hydrogen (secondary N) is 1. The van der Waals surface area contributed by atoms with Gasteiger partial charge in [-0.3, -0.25) is 0 Å². The number of alkyl carbamates (subject to hydrolysis) is 1. The number of para-hydroxylation sites is 1. The Morgan fingerprint density at radius 1 is 0.868 bits per heavy atom. The average Bonchev–Trinajstić information content (AvgIpc) is 2.98. The van der Waals surface area contributed by atoms with Gasteiger partial charge in [-0.1, -0.05) is 91.0 Å². The highest BCUT2D eigenvalue weighted by Crippen LogP contribution is 2.53. The predicted molar refractivity (Wildman–Crippen MR) is 149 cm³/mol. The number of aryl methyl sites for hydroxylation is 1. The lowest BCUT2D eigenvalue weighted by Gasteiger charge is -2.50. The van der Waals surface area contributed by atoms with Crippen LogP contribution in [-0.2, 0) is 17.8 Å². The number of nitrogens with zero attached hydrogens (tertiary/aromatic N) is 1. The van der Waals surface area contributed by atoms with E-state index in [1.54, 1.807) is 7.11 Å². The van der Waals surface area contributed by atoms with Crippen molar-refractivity contribution in [3.63, 3.8) is 0 Å². The molecule has 0 radical (unpaired) electrons. The lowest BCUT2D eigenvalue weighted by atomic mass is 9.79. The van der Waals surface area contributed by atoms with Gasteiger partial charge in [0.15, 0.2) is 0 Å². The highest BCUT2D eigenvalue weighted by atomic mass is 16.5. The molecule has 0 saturated heterocycles. The van der Waals surface area contributed by atoms with Gasteiger partial charge in [0, 0.05) is 5.69 Å². The first-order valence-corrected chi connectivity index (χ1v) is 13.3. The van der Waals surface area contributed by atoms with Gasteiger partial charge in [-0.2, -0.15) is 0 Å². The van der Waals surface area contributed by atoms with Crippen molar-refractivity contribution in [2.24, 2.45) is 0 Å². The third kappa shape index (κ3) is 4.72. The summed E-state index contributed by atoms with van der Waals surface area (Å²) < 4.78 is 11.2. The fourth-order valence-electron chi connectivity index (χ4n) is 6.02. The number of carbonyl (C=O) groups is 1. The van der Waals surface area contributed by atoms with Crippen LogP contribution in [-0.4, -0.2) is 13.2 Å². The van der Waals surface area contributed by atoms with E-state index in [9.17, 15) is 4.79 Å². The van der Waals surface area contributed by atoms with Gasteiger partial charge in [0.1, 0.15) is 12.4 Å². The molecule has 0 unspecified atom stereocenters. The maximum absolute atomic E-state index is 13.0. The Morgan fingerprint density at radius 2 is 1.61 bits per heavy atom. The lowest BCUT2D eigenvalue weighted by molar-refractivity contribution is 0.134. The van der Waals surface area contributed by atoms with Crippen molar-refractivity contribution in [3.05, 3.63) is 131 Å². The number of amides is 1. The number of ether oxygens (including phenoxy) is 2. The van der Waals surface area contributed by atoms with Crippen LogP contribution in [0.4, 0.5) is 10.5 Å². The van der Waals surface area contributed by atoms with Crippen LogP contribution in [0.3, 0.4) is 0 Å². The first-order chi connectivity index (χ1) is 18.7. The molecule has 3 atom stereocenters. The highest BCUT2D eigenvalue weighted by Gasteiger charge is 2.41. The number of rotatable bonds is 6. The summed E-state index contributed by atoms with van der Waals surface area (Å²) in [5, 5.41) is 3.21. The number of anilines is 1. The molecule has 6 rings (SSSR count). The molecule has 0 aliphatic carbocycles. The summed E-state index contributed by atoms with van der Waals surface area (Å²) in [7, 11) is 1.70. The molecular weight excluding hydrogens is 472 g/mol. The summed E-state index contributed by atoms with van der Waals surface area (Å²) in [6.07, 6.45) is 2.37. The maximum atomic E-state index is 13.0. The van der Waals surface area contributed by atoms with E-state index in [4.69, 9.17) is 9.47 Å². The molecule has 38 heavy (non-hydrogen) atoms. The van der Waals surface area contributed by atoms with Gasteiger partial charge >= 0.3 is 6.09 Å². The SMILES string of the molecule is COc1cccc([C@@H]2C[C@H](NC(=O)OCc3ccccc3)c3cccc4c3N2[C@@H](c2ccccc2)CC4)c1. The molecule has 192 valence electrons. The van der Waals surface area contributed by atoms with Crippen LogP contribution in [0.25, 0.3) is 0 Å². The van der Waals surface area contributed by atoms with Gasteiger partial charge in [-0.05, 0) is 59.2 Å². The second-order valence-corrected chi connectivity index (χ2v) is 10.0. The largest absolute Gasteiger partial charge is 0.497 e. The quantitative estimate of drug-likeness (QED) is 0.299. The van der Waals surface area contributed by atoms with Crippen LogP contribution in [0.5, 0.6) is 5.75 Å². The molecule has 5 nitrogen and oxygen atoms in total. The van der Waals surface area contributed by atoms with Crippen molar-refractivity contribution in [1.82, 2.24) is 5.32 Å². The molecule has 0 saturated carbocycles. The van der Waals surface area contributed by atoms with Gasteiger partial charge in [0.05, 0.1) is 25.2 Å². The van der Waals surface area contributed by atoms with E-state index < -0.39 is 6.09 Å². The van der Waals surface area contributed by atoms with Crippen LogP contribution in [0.1, 0.15) is 58.8 Å². The lowest BCUT2D eigenvalue weighted by Crippen LogP contribution is -2.44.